The number of rotatable bonds is 48. The van der Waals surface area contributed by atoms with Crippen LogP contribution in [-0.4, -0.2) is 89.2 Å². The lowest BCUT2D eigenvalue weighted by Gasteiger charge is -2.40. The van der Waals surface area contributed by atoms with Crippen molar-refractivity contribution in [3.05, 3.63) is 48.6 Å². The third-order valence-electron chi connectivity index (χ3n) is 12.9. The maximum absolute atomic E-state index is 13.1. The van der Waals surface area contributed by atoms with Gasteiger partial charge < -0.3 is 39.0 Å². The van der Waals surface area contributed by atoms with Crippen molar-refractivity contribution in [1.29, 1.82) is 0 Å². The number of hydrogen-bond donors (Lipinski definition) is 3. The van der Waals surface area contributed by atoms with Crippen LogP contribution in [0.15, 0.2) is 48.6 Å². The number of carbonyl (C=O) groups is 4. The number of aliphatic carboxylic acids is 1. The van der Waals surface area contributed by atoms with Gasteiger partial charge in [0.05, 0.1) is 6.61 Å². The molecule has 1 aliphatic heterocycles. The fraction of sp³-hybridized carbons (Fsp3) is 0.797. The summed E-state index contributed by atoms with van der Waals surface area (Å²) in [6.07, 6.45) is 43.9. The van der Waals surface area contributed by atoms with Crippen molar-refractivity contribution >= 4 is 23.9 Å². The van der Waals surface area contributed by atoms with E-state index in [1.165, 1.54) is 83.5 Å². The molecule has 0 bridgehead atoms. The number of esters is 3. The number of aliphatic hydroxyl groups excluding tert-OH is 2. The molecule has 12 heteroatoms. The SMILES string of the molecule is CC/C=C\C/C=C\C/C=C\C/C=C\CCCCCCCCC(=O)OCC(COC1OC(C(=O)O)C(O)C(O)C1OC(=O)CCCCCCCCCCC)OC(=O)CCCCCCCCCCCCCCC. The number of carboxylic acid groups (broad SMARTS) is 1. The molecule has 6 unspecified atom stereocenters. The van der Waals surface area contributed by atoms with E-state index in [1.807, 2.05) is 0 Å². The van der Waals surface area contributed by atoms with E-state index in [9.17, 15) is 34.5 Å². The van der Waals surface area contributed by atoms with Crippen LogP contribution >= 0.6 is 0 Å². The molecule has 1 heterocycles. The lowest BCUT2D eigenvalue weighted by Crippen LogP contribution is -2.61. The van der Waals surface area contributed by atoms with Gasteiger partial charge in [0.1, 0.15) is 18.8 Å². The molecule has 0 radical (unpaired) electrons. The third-order valence-corrected chi connectivity index (χ3v) is 12.9. The van der Waals surface area contributed by atoms with Gasteiger partial charge in [0, 0.05) is 19.3 Å². The van der Waals surface area contributed by atoms with Crippen LogP contribution in [0.25, 0.3) is 0 Å². The number of allylic oxidation sites excluding steroid dienone is 8. The second-order valence-electron chi connectivity index (χ2n) is 19.6. The molecule has 0 amide bonds. The van der Waals surface area contributed by atoms with E-state index in [4.69, 9.17) is 23.7 Å². The van der Waals surface area contributed by atoms with Crippen LogP contribution in [0.5, 0.6) is 0 Å². The number of carboxylic acids is 1. The number of ether oxygens (including phenoxy) is 5. The molecule has 410 valence electrons. The molecular weight excluding hydrogens is 901 g/mol. The molecule has 6 atom stereocenters. The Morgan fingerprint density at radius 1 is 0.479 bits per heavy atom. The molecule has 0 saturated carbocycles. The Morgan fingerprint density at radius 2 is 0.887 bits per heavy atom. The molecule has 1 rings (SSSR count). The van der Waals surface area contributed by atoms with E-state index in [0.717, 1.165) is 109 Å². The molecule has 0 aromatic heterocycles. The maximum atomic E-state index is 13.1. The minimum Gasteiger partial charge on any atom is -0.479 e. The summed E-state index contributed by atoms with van der Waals surface area (Å²) < 4.78 is 28.3. The highest BCUT2D eigenvalue weighted by molar-refractivity contribution is 5.74. The first-order chi connectivity index (χ1) is 34.6. The highest BCUT2D eigenvalue weighted by Crippen LogP contribution is 2.26. The molecule has 0 spiro atoms. The first kappa shape index (κ1) is 65.7. The van der Waals surface area contributed by atoms with Crippen molar-refractivity contribution in [1.82, 2.24) is 0 Å². The van der Waals surface area contributed by atoms with Crippen molar-refractivity contribution < 1.29 is 58.2 Å². The van der Waals surface area contributed by atoms with Crippen LogP contribution in [0.3, 0.4) is 0 Å². The minimum absolute atomic E-state index is 0.0618. The summed E-state index contributed by atoms with van der Waals surface area (Å²) in [6, 6.07) is 0. The predicted molar refractivity (Wildman–Crippen MR) is 285 cm³/mol. The first-order valence-electron chi connectivity index (χ1n) is 28.6. The van der Waals surface area contributed by atoms with Gasteiger partial charge in [-0.2, -0.15) is 0 Å². The Balaban J connectivity index is 2.67. The van der Waals surface area contributed by atoms with E-state index in [0.29, 0.717) is 19.3 Å². The Bertz CT molecular complexity index is 1420. The molecule has 0 aromatic carbocycles. The van der Waals surface area contributed by atoms with Gasteiger partial charge in [-0.1, -0.05) is 223 Å². The van der Waals surface area contributed by atoms with E-state index in [1.54, 1.807) is 0 Å². The van der Waals surface area contributed by atoms with Crippen molar-refractivity contribution in [3.63, 3.8) is 0 Å². The van der Waals surface area contributed by atoms with Crippen LogP contribution in [0.4, 0.5) is 0 Å². The zero-order chi connectivity index (χ0) is 51.8. The third kappa shape index (κ3) is 38.0. The van der Waals surface area contributed by atoms with Gasteiger partial charge in [-0.15, -0.1) is 0 Å². The zero-order valence-electron chi connectivity index (χ0n) is 45.0. The van der Waals surface area contributed by atoms with Gasteiger partial charge in [-0.25, -0.2) is 4.79 Å². The summed E-state index contributed by atoms with van der Waals surface area (Å²) in [5.41, 5.74) is 0. The quantitative estimate of drug-likeness (QED) is 0.0228. The van der Waals surface area contributed by atoms with Crippen molar-refractivity contribution in [3.8, 4) is 0 Å². The lowest BCUT2D eigenvalue weighted by atomic mass is 9.98. The topological polar surface area (TPSA) is 175 Å². The van der Waals surface area contributed by atoms with Gasteiger partial charge in [0.15, 0.2) is 24.6 Å². The first-order valence-corrected chi connectivity index (χ1v) is 28.6. The zero-order valence-corrected chi connectivity index (χ0v) is 45.0. The molecule has 71 heavy (non-hydrogen) atoms. The second kappa shape index (κ2) is 47.7. The summed E-state index contributed by atoms with van der Waals surface area (Å²) in [5.74, 6) is -3.12. The molecule has 1 fully saturated rings. The number of hydrogen-bond acceptors (Lipinski definition) is 11. The number of aliphatic hydroxyl groups is 2. The molecule has 3 N–H and O–H groups in total. The predicted octanol–water partition coefficient (Wildman–Crippen LogP) is 14.2. The fourth-order valence-electron chi connectivity index (χ4n) is 8.54. The van der Waals surface area contributed by atoms with Crippen LogP contribution in [0.1, 0.15) is 252 Å². The normalized spacial score (nSPS) is 18.8. The van der Waals surface area contributed by atoms with E-state index >= 15 is 0 Å². The molecule has 12 nitrogen and oxygen atoms in total. The molecule has 1 aliphatic rings. The van der Waals surface area contributed by atoms with Crippen LogP contribution in [0, 0.1) is 0 Å². The Hall–Kier alpha value is -3.32. The van der Waals surface area contributed by atoms with Crippen LogP contribution < -0.4 is 0 Å². The fourth-order valence-corrected chi connectivity index (χ4v) is 8.54. The van der Waals surface area contributed by atoms with Gasteiger partial charge in [-0.3, -0.25) is 14.4 Å². The smallest absolute Gasteiger partial charge is 0.335 e. The second-order valence-corrected chi connectivity index (χ2v) is 19.6. The Morgan fingerprint density at radius 3 is 1.35 bits per heavy atom. The van der Waals surface area contributed by atoms with Gasteiger partial charge in [0.2, 0.25) is 0 Å². The Labute approximate surface area is 431 Å². The van der Waals surface area contributed by atoms with Gasteiger partial charge in [0.25, 0.3) is 0 Å². The molecule has 0 aliphatic carbocycles. The summed E-state index contributed by atoms with van der Waals surface area (Å²) >= 11 is 0. The average Bonchev–Trinajstić information content (AvgIpc) is 3.35. The van der Waals surface area contributed by atoms with E-state index < -0.39 is 67.3 Å². The molecule has 1 saturated heterocycles. The van der Waals surface area contributed by atoms with Gasteiger partial charge in [-0.05, 0) is 57.8 Å². The Kier molecular flexibility index (Phi) is 44.1. The van der Waals surface area contributed by atoms with Crippen LogP contribution in [0.2, 0.25) is 0 Å². The standard InChI is InChI=1S/C59H102O12/c1-4-7-10-13-16-19-21-23-24-25-26-27-28-30-31-34-36-39-42-45-51(60)67-48-50(69-52(61)46-43-40-38-35-32-29-22-20-17-14-11-8-5-2)49-68-59-57(55(64)54(63)56(71-59)58(65)66)70-53(62)47-44-41-37-33-18-15-12-9-6-3/h7,10,16,19,23-24,26-27,50,54-57,59,63-64H,4-6,8-9,11-15,17-18,20-22,25,28-49H2,1-3H3,(H,65,66)/b10-7-,19-16-,24-23-,27-26-. The highest BCUT2D eigenvalue weighted by atomic mass is 16.7. The van der Waals surface area contributed by atoms with Crippen molar-refractivity contribution in [2.75, 3.05) is 13.2 Å². The van der Waals surface area contributed by atoms with Gasteiger partial charge >= 0.3 is 23.9 Å². The molecule has 0 aromatic rings. The summed E-state index contributed by atoms with van der Waals surface area (Å²) in [5, 5.41) is 31.3. The number of unbranched alkanes of at least 4 members (excludes halogenated alkanes) is 26. The van der Waals surface area contributed by atoms with Crippen LogP contribution in [-0.2, 0) is 42.9 Å². The van der Waals surface area contributed by atoms with E-state index in [2.05, 4.69) is 69.4 Å². The molecular formula is C59H102O12. The average molecular weight is 1000 g/mol. The van der Waals surface area contributed by atoms with Crippen molar-refractivity contribution in [2.45, 2.75) is 289 Å². The number of carbonyl (C=O) groups excluding carboxylic acids is 3. The largest absolute Gasteiger partial charge is 0.479 e. The summed E-state index contributed by atoms with van der Waals surface area (Å²) in [6.45, 7) is 5.84. The summed E-state index contributed by atoms with van der Waals surface area (Å²) in [7, 11) is 0. The maximum Gasteiger partial charge on any atom is 0.335 e. The van der Waals surface area contributed by atoms with Crippen molar-refractivity contribution in [2.24, 2.45) is 0 Å². The lowest BCUT2D eigenvalue weighted by molar-refractivity contribution is -0.301. The summed E-state index contributed by atoms with van der Waals surface area (Å²) in [4.78, 5) is 50.9. The monoisotopic (exact) mass is 1000 g/mol. The minimum atomic E-state index is -1.90. The highest BCUT2D eigenvalue weighted by Gasteiger charge is 2.50. The van der Waals surface area contributed by atoms with E-state index in [-0.39, 0.29) is 25.9 Å².